The number of hydrogen-bond donors (Lipinski definition) is 0. The van der Waals surface area contributed by atoms with Gasteiger partial charge in [-0.15, -0.1) is 0 Å². The first-order valence-electron chi connectivity index (χ1n) is 5.43. The Labute approximate surface area is 101 Å². The average Bonchev–Trinajstić information content (AvgIpc) is 2.78. The molecule has 0 spiro atoms. The van der Waals surface area contributed by atoms with E-state index in [1.807, 2.05) is 24.3 Å². The molecule has 4 nitrogen and oxygen atoms in total. The Morgan fingerprint density at radius 3 is 2.65 bits per heavy atom. The van der Waals surface area contributed by atoms with E-state index in [0.717, 1.165) is 0 Å². The van der Waals surface area contributed by atoms with Crippen molar-refractivity contribution in [3.63, 3.8) is 0 Å². The fraction of sp³-hybridized carbons (Fsp3) is 0.385. The third-order valence-corrected chi connectivity index (χ3v) is 2.31. The summed E-state index contributed by atoms with van der Waals surface area (Å²) in [5.74, 6) is -0.226. The van der Waals surface area contributed by atoms with E-state index in [-0.39, 0.29) is 11.9 Å². The quantitative estimate of drug-likeness (QED) is 0.401. The summed E-state index contributed by atoms with van der Waals surface area (Å²) >= 11 is 0. The van der Waals surface area contributed by atoms with Crippen molar-refractivity contribution in [2.24, 2.45) is 5.92 Å². The molecule has 0 amide bonds. The molecule has 0 aromatic carbocycles. The number of carbonyl (C=O) groups is 2. The lowest BCUT2D eigenvalue weighted by molar-refractivity contribution is -0.140. The summed E-state index contributed by atoms with van der Waals surface area (Å²) in [7, 11) is 0. The summed E-state index contributed by atoms with van der Waals surface area (Å²) in [6, 6.07) is 0. The molecule has 1 aliphatic carbocycles. The second kappa shape index (κ2) is 6.68. The van der Waals surface area contributed by atoms with Gasteiger partial charge < -0.3 is 9.47 Å². The Kier molecular flexibility index (Phi) is 5.20. The van der Waals surface area contributed by atoms with Crippen LogP contribution in [0.5, 0.6) is 0 Å². The molecule has 17 heavy (non-hydrogen) atoms. The highest BCUT2D eigenvalue weighted by atomic mass is 16.5. The number of ether oxygens (including phenoxy) is 2. The monoisotopic (exact) mass is 236 g/mol. The third kappa shape index (κ3) is 4.68. The van der Waals surface area contributed by atoms with Crippen LogP contribution in [-0.4, -0.2) is 25.2 Å². The Bertz CT molecular complexity index is 354. The number of rotatable bonds is 6. The number of esters is 1. The second-order valence-electron chi connectivity index (χ2n) is 3.82. The van der Waals surface area contributed by atoms with Gasteiger partial charge in [0.2, 0.25) is 0 Å². The molecule has 0 saturated heterocycles. The molecule has 1 aliphatic rings. The predicted molar refractivity (Wildman–Crippen MR) is 63.1 cm³/mol. The van der Waals surface area contributed by atoms with Crippen LogP contribution in [-0.2, 0) is 19.1 Å². The van der Waals surface area contributed by atoms with E-state index in [0.29, 0.717) is 18.7 Å². The predicted octanol–water partition coefficient (Wildman–Crippen LogP) is 1.78. The smallest absolute Gasteiger partial charge is 0.333 e. The van der Waals surface area contributed by atoms with Crippen LogP contribution in [0.4, 0.5) is 0 Å². The zero-order valence-electron chi connectivity index (χ0n) is 9.96. The molecule has 1 unspecified atom stereocenters. The summed E-state index contributed by atoms with van der Waals surface area (Å²) in [4.78, 5) is 21.6. The Hall–Kier alpha value is -1.84. The van der Waals surface area contributed by atoms with Gasteiger partial charge in [-0.1, -0.05) is 24.3 Å². The van der Waals surface area contributed by atoms with Crippen LogP contribution in [0, 0.1) is 5.92 Å². The van der Waals surface area contributed by atoms with Gasteiger partial charge in [-0.2, -0.15) is 0 Å². The van der Waals surface area contributed by atoms with Gasteiger partial charge in [-0.3, -0.25) is 4.79 Å². The van der Waals surface area contributed by atoms with Gasteiger partial charge in [0.15, 0.2) is 0 Å². The maximum absolute atomic E-state index is 11.6. The summed E-state index contributed by atoms with van der Waals surface area (Å²) < 4.78 is 9.77. The van der Waals surface area contributed by atoms with Crippen molar-refractivity contribution in [3.05, 3.63) is 36.0 Å². The minimum atomic E-state index is -0.425. The van der Waals surface area contributed by atoms with Crippen LogP contribution >= 0.6 is 0 Å². The molecular formula is C13H16O4. The lowest BCUT2D eigenvalue weighted by Gasteiger charge is -2.09. The molecule has 1 atom stereocenters. The maximum Gasteiger partial charge on any atom is 0.333 e. The van der Waals surface area contributed by atoms with Crippen LogP contribution in [0.1, 0.15) is 13.8 Å². The van der Waals surface area contributed by atoms with Gasteiger partial charge in [0, 0.05) is 11.5 Å². The molecule has 0 bridgehead atoms. The summed E-state index contributed by atoms with van der Waals surface area (Å²) in [6.07, 6.45) is 8.89. The highest BCUT2D eigenvalue weighted by Crippen LogP contribution is 2.10. The highest BCUT2D eigenvalue weighted by molar-refractivity contribution is 5.87. The van der Waals surface area contributed by atoms with Gasteiger partial charge in [0.25, 0.3) is 6.47 Å². The molecule has 0 saturated carbocycles. The fourth-order valence-electron chi connectivity index (χ4n) is 1.42. The normalized spacial score (nSPS) is 16.9. The first-order valence-corrected chi connectivity index (χ1v) is 5.43. The van der Waals surface area contributed by atoms with Crippen molar-refractivity contribution in [3.8, 4) is 0 Å². The van der Waals surface area contributed by atoms with Gasteiger partial charge in [-0.25, -0.2) is 4.79 Å². The molecule has 0 fully saturated rings. The van der Waals surface area contributed by atoms with Crippen LogP contribution in [0.15, 0.2) is 36.0 Å². The lowest BCUT2D eigenvalue weighted by atomic mass is 10.2. The Balaban J connectivity index is 2.38. The van der Waals surface area contributed by atoms with Gasteiger partial charge in [0.05, 0.1) is 0 Å². The number of carbonyl (C=O) groups excluding carboxylic acids is 2. The minimum absolute atomic E-state index is 0.162. The van der Waals surface area contributed by atoms with Gasteiger partial charge in [-0.05, 0) is 19.9 Å². The summed E-state index contributed by atoms with van der Waals surface area (Å²) in [5, 5.41) is 0. The summed E-state index contributed by atoms with van der Waals surface area (Å²) in [5.41, 5.74) is 0.435. The van der Waals surface area contributed by atoms with Crippen molar-refractivity contribution >= 4 is 12.4 Å². The lowest BCUT2D eigenvalue weighted by Crippen LogP contribution is -2.13. The molecule has 4 heteroatoms. The Morgan fingerprint density at radius 1 is 1.41 bits per heavy atom. The van der Waals surface area contributed by atoms with E-state index in [2.05, 4.69) is 4.74 Å². The van der Waals surface area contributed by atoms with Crippen LogP contribution < -0.4 is 0 Å². The molecule has 0 aromatic heterocycles. The maximum atomic E-state index is 11.6. The second-order valence-corrected chi connectivity index (χ2v) is 3.82. The first kappa shape index (κ1) is 13.2. The van der Waals surface area contributed by atoms with E-state index in [4.69, 9.17) is 4.74 Å². The SMILES string of the molecule is CC(=CC(C)OC=O)C(=O)OCC1C=CC=C1. The van der Waals surface area contributed by atoms with Crippen molar-refractivity contribution < 1.29 is 19.1 Å². The molecule has 0 N–H and O–H groups in total. The zero-order valence-corrected chi connectivity index (χ0v) is 9.96. The third-order valence-electron chi connectivity index (χ3n) is 2.31. The standard InChI is InChI=1S/C13H16O4/c1-10(7-11(2)17-9-14)13(15)16-8-12-5-3-4-6-12/h3-7,9,11-12H,8H2,1-2H3. The number of allylic oxidation sites excluding steroid dienone is 2. The summed E-state index contributed by atoms with van der Waals surface area (Å²) in [6.45, 7) is 3.99. The largest absolute Gasteiger partial charge is 0.461 e. The van der Waals surface area contributed by atoms with Crippen LogP contribution in [0.3, 0.4) is 0 Å². The minimum Gasteiger partial charge on any atom is -0.461 e. The van der Waals surface area contributed by atoms with Crippen molar-refractivity contribution in [2.45, 2.75) is 20.0 Å². The highest BCUT2D eigenvalue weighted by Gasteiger charge is 2.11. The van der Waals surface area contributed by atoms with E-state index < -0.39 is 6.10 Å². The zero-order chi connectivity index (χ0) is 12.7. The van der Waals surface area contributed by atoms with Crippen molar-refractivity contribution in [1.29, 1.82) is 0 Å². The molecule has 0 radical (unpaired) electrons. The van der Waals surface area contributed by atoms with E-state index in [1.54, 1.807) is 19.9 Å². The molecule has 0 aromatic rings. The van der Waals surface area contributed by atoms with Crippen molar-refractivity contribution in [2.75, 3.05) is 6.61 Å². The fourth-order valence-corrected chi connectivity index (χ4v) is 1.42. The van der Waals surface area contributed by atoms with Crippen LogP contribution in [0.2, 0.25) is 0 Å². The van der Waals surface area contributed by atoms with Gasteiger partial charge in [0.1, 0.15) is 12.7 Å². The van der Waals surface area contributed by atoms with Crippen LogP contribution in [0.25, 0.3) is 0 Å². The molecule has 0 aliphatic heterocycles. The average molecular weight is 236 g/mol. The first-order chi connectivity index (χ1) is 8.13. The van der Waals surface area contributed by atoms with Gasteiger partial charge >= 0.3 is 5.97 Å². The molecule has 92 valence electrons. The topological polar surface area (TPSA) is 52.6 Å². The number of hydrogen-bond acceptors (Lipinski definition) is 4. The molecule has 0 heterocycles. The molecule has 1 rings (SSSR count). The van der Waals surface area contributed by atoms with E-state index >= 15 is 0 Å². The van der Waals surface area contributed by atoms with E-state index in [1.165, 1.54) is 0 Å². The Morgan fingerprint density at radius 2 is 2.06 bits per heavy atom. The molecular weight excluding hydrogens is 220 g/mol. The van der Waals surface area contributed by atoms with Crippen molar-refractivity contribution in [1.82, 2.24) is 0 Å². The van der Waals surface area contributed by atoms with E-state index in [9.17, 15) is 9.59 Å².